The Morgan fingerprint density at radius 2 is 1.90 bits per heavy atom. The van der Waals surface area contributed by atoms with Gasteiger partial charge in [0.05, 0.1) is 0 Å². The molecule has 1 amide bonds. The highest BCUT2D eigenvalue weighted by Gasteiger charge is 2.09. The number of carbonyl (C=O) groups excluding carboxylic acids is 1. The smallest absolute Gasteiger partial charge is 0.251 e. The Balaban J connectivity index is 1.99. The minimum Gasteiger partial charge on any atom is -0.489 e. The van der Waals surface area contributed by atoms with Crippen LogP contribution in [-0.2, 0) is 6.61 Å². The van der Waals surface area contributed by atoms with Crippen LogP contribution >= 0.6 is 0 Å². The molecule has 0 fully saturated rings. The van der Waals surface area contributed by atoms with Crippen LogP contribution in [0.3, 0.4) is 0 Å². The molecule has 0 spiro atoms. The highest BCUT2D eigenvalue weighted by Crippen LogP contribution is 2.15. The molecule has 110 valence electrons. The van der Waals surface area contributed by atoms with E-state index in [0.717, 1.165) is 12.0 Å². The maximum atomic E-state index is 12.1. The molecule has 1 N–H and O–H groups in total. The van der Waals surface area contributed by atoms with E-state index in [2.05, 4.69) is 5.32 Å². The van der Waals surface area contributed by atoms with Crippen LogP contribution in [-0.4, -0.2) is 11.9 Å². The van der Waals surface area contributed by atoms with Gasteiger partial charge >= 0.3 is 0 Å². The first-order chi connectivity index (χ1) is 10.2. The number of nitrogens with one attached hydrogen (secondary N) is 1. The zero-order valence-corrected chi connectivity index (χ0v) is 12.5. The van der Waals surface area contributed by atoms with E-state index >= 15 is 0 Å². The van der Waals surface area contributed by atoms with Gasteiger partial charge in [-0.1, -0.05) is 43.3 Å². The zero-order valence-electron chi connectivity index (χ0n) is 12.5. The molecule has 0 aliphatic carbocycles. The predicted octanol–water partition coefficient (Wildman–Crippen LogP) is 3.79. The molecule has 0 heterocycles. The van der Waals surface area contributed by atoms with Crippen LogP contribution in [0.25, 0.3) is 0 Å². The first-order valence-electron chi connectivity index (χ1n) is 7.26. The first kappa shape index (κ1) is 15.1. The van der Waals surface area contributed by atoms with Crippen molar-refractivity contribution >= 4 is 5.91 Å². The molecule has 2 aromatic rings. The summed E-state index contributed by atoms with van der Waals surface area (Å²) in [5.74, 6) is 0.644. The van der Waals surface area contributed by atoms with Gasteiger partial charge in [0.1, 0.15) is 12.4 Å². The van der Waals surface area contributed by atoms with Crippen LogP contribution in [0.1, 0.15) is 36.2 Å². The van der Waals surface area contributed by atoms with Crippen molar-refractivity contribution in [3.05, 3.63) is 65.7 Å². The molecule has 0 aliphatic rings. The van der Waals surface area contributed by atoms with Crippen molar-refractivity contribution in [3.63, 3.8) is 0 Å². The molecule has 1 atom stereocenters. The lowest BCUT2D eigenvalue weighted by Crippen LogP contribution is -2.31. The van der Waals surface area contributed by atoms with Gasteiger partial charge in [0, 0.05) is 11.6 Å². The number of rotatable bonds is 6. The molecular weight excluding hydrogens is 262 g/mol. The van der Waals surface area contributed by atoms with Crippen LogP contribution in [0.2, 0.25) is 0 Å². The average Bonchev–Trinajstić information content (AvgIpc) is 2.54. The average molecular weight is 283 g/mol. The second-order valence-electron chi connectivity index (χ2n) is 5.08. The number of amides is 1. The lowest BCUT2D eigenvalue weighted by molar-refractivity contribution is 0.0939. The van der Waals surface area contributed by atoms with E-state index in [0.29, 0.717) is 17.9 Å². The minimum atomic E-state index is -0.0606. The number of hydrogen-bond donors (Lipinski definition) is 1. The third-order valence-electron chi connectivity index (χ3n) is 3.33. The van der Waals surface area contributed by atoms with Crippen molar-refractivity contribution in [2.45, 2.75) is 32.9 Å². The lowest BCUT2D eigenvalue weighted by Gasteiger charge is -2.12. The molecule has 3 heteroatoms. The molecule has 0 aliphatic heterocycles. The van der Waals surface area contributed by atoms with Gasteiger partial charge in [-0.2, -0.15) is 0 Å². The van der Waals surface area contributed by atoms with E-state index in [1.54, 1.807) is 12.1 Å². The Morgan fingerprint density at radius 1 is 1.14 bits per heavy atom. The van der Waals surface area contributed by atoms with E-state index in [1.807, 2.05) is 56.3 Å². The van der Waals surface area contributed by atoms with Gasteiger partial charge in [-0.15, -0.1) is 0 Å². The topological polar surface area (TPSA) is 38.3 Å². The summed E-state index contributed by atoms with van der Waals surface area (Å²) >= 11 is 0. The van der Waals surface area contributed by atoms with Gasteiger partial charge in [0.25, 0.3) is 5.91 Å². The van der Waals surface area contributed by atoms with E-state index in [1.165, 1.54) is 0 Å². The predicted molar refractivity (Wildman–Crippen MR) is 84.4 cm³/mol. The van der Waals surface area contributed by atoms with Gasteiger partial charge in [-0.25, -0.2) is 0 Å². The van der Waals surface area contributed by atoms with Crippen molar-refractivity contribution in [3.8, 4) is 5.75 Å². The highest BCUT2D eigenvalue weighted by molar-refractivity contribution is 5.94. The van der Waals surface area contributed by atoms with Crippen molar-refractivity contribution < 1.29 is 9.53 Å². The maximum Gasteiger partial charge on any atom is 0.251 e. The van der Waals surface area contributed by atoms with Crippen LogP contribution in [0, 0.1) is 0 Å². The van der Waals surface area contributed by atoms with E-state index in [-0.39, 0.29) is 11.9 Å². The Labute approximate surface area is 126 Å². The van der Waals surface area contributed by atoms with Crippen molar-refractivity contribution in [1.82, 2.24) is 5.32 Å². The molecule has 0 aromatic heterocycles. The summed E-state index contributed by atoms with van der Waals surface area (Å²) in [6, 6.07) is 17.4. The van der Waals surface area contributed by atoms with E-state index in [4.69, 9.17) is 4.74 Å². The van der Waals surface area contributed by atoms with Crippen LogP contribution in [0.5, 0.6) is 5.75 Å². The number of ether oxygens (including phenoxy) is 1. The van der Waals surface area contributed by atoms with Gasteiger partial charge in [0.15, 0.2) is 0 Å². The second kappa shape index (κ2) is 7.48. The van der Waals surface area contributed by atoms with Gasteiger partial charge < -0.3 is 10.1 Å². The second-order valence-corrected chi connectivity index (χ2v) is 5.08. The molecule has 0 saturated heterocycles. The van der Waals surface area contributed by atoms with Crippen LogP contribution in [0.4, 0.5) is 0 Å². The maximum absolute atomic E-state index is 12.1. The summed E-state index contributed by atoms with van der Waals surface area (Å²) in [6.07, 6.45) is 0.913. The summed E-state index contributed by atoms with van der Waals surface area (Å²) in [5.41, 5.74) is 1.73. The molecule has 0 bridgehead atoms. The highest BCUT2D eigenvalue weighted by atomic mass is 16.5. The monoisotopic (exact) mass is 283 g/mol. The van der Waals surface area contributed by atoms with Crippen molar-refractivity contribution in [2.75, 3.05) is 0 Å². The van der Waals surface area contributed by atoms with E-state index < -0.39 is 0 Å². The summed E-state index contributed by atoms with van der Waals surface area (Å²) in [4.78, 5) is 12.1. The van der Waals surface area contributed by atoms with E-state index in [9.17, 15) is 4.79 Å². The molecule has 3 nitrogen and oxygen atoms in total. The fourth-order valence-corrected chi connectivity index (χ4v) is 1.88. The Morgan fingerprint density at radius 3 is 2.62 bits per heavy atom. The normalized spacial score (nSPS) is 11.7. The molecular formula is C18H21NO2. The minimum absolute atomic E-state index is 0.0606. The number of carbonyl (C=O) groups is 1. The molecule has 0 radical (unpaired) electrons. The lowest BCUT2D eigenvalue weighted by atomic mass is 10.1. The fourth-order valence-electron chi connectivity index (χ4n) is 1.88. The zero-order chi connectivity index (χ0) is 15.1. The molecule has 2 aromatic carbocycles. The van der Waals surface area contributed by atoms with Crippen LogP contribution < -0.4 is 10.1 Å². The Bertz CT molecular complexity index is 581. The molecule has 0 saturated carbocycles. The van der Waals surface area contributed by atoms with Gasteiger partial charge in [0.2, 0.25) is 0 Å². The quantitative estimate of drug-likeness (QED) is 0.876. The van der Waals surface area contributed by atoms with Crippen LogP contribution in [0.15, 0.2) is 54.6 Å². The largest absolute Gasteiger partial charge is 0.489 e. The van der Waals surface area contributed by atoms with Gasteiger partial charge in [-0.05, 0) is 37.1 Å². The van der Waals surface area contributed by atoms with Crippen molar-refractivity contribution in [1.29, 1.82) is 0 Å². The van der Waals surface area contributed by atoms with Gasteiger partial charge in [-0.3, -0.25) is 4.79 Å². The summed E-state index contributed by atoms with van der Waals surface area (Å²) in [6.45, 7) is 4.54. The standard InChI is InChI=1S/C18H21NO2/c1-3-14(2)19-18(20)16-10-7-11-17(12-16)21-13-15-8-5-4-6-9-15/h4-12,14H,3,13H2,1-2H3,(H,19,20)/t14-/m1/s1. The number of benzene rings is 2. The summed E-state index contributed by atoms with van der Waals surface area (Å²) < 4.78 is 5.73. The summed E-state index contributed by atoms with van der Waals surface area (Å²) in [7, 11) is 0. The molecule has 2 rings (SSSR count). The molecule has 21 heavy (non-hydrogen) atoms. The number of hydrogen-bond acceptors (Lipinski definition) is 2. The Kier molecular flexibility index (Phi) is 5.38. The third kappa shape index (κ3) is 4.63. The third-order valence-corrected chi connectivity index (χ3v) is 3.33. The molecule has 0 unspecified atom stereocenters. The van der Waals surface area contributed by atoms with Crippen molar-refractivity contribution in [2.24, 2.45) is 0 Å². The summed E-state index contributed by atoms with van der Waals surface area (Å²) in [5, 5.41) is 2.95. The fraction of sp³-hybridized carbons (Fsp3) is 0.278. The SMILES string of the molecule is CC[C@@H](C)NC(=O)c1cccc(OCc2ccccc2)c1. The first-order valence-corrected chi connectivity index (χ1v) is 7.26. The Hall–Kier alpha value is -2.29.